The molecule has 8 heteroatoms. The standard InChI is InChI=1S/C20H12N2O6/c23-13-6-7-14-16(9-13)28-10-11(17(14)24)8-15-18(25)21-20(27)22(19(15)26)12-4-2-1-3-5-12/h1-10,23H,(H,21,25,27). The Morgan fingerprint density at radius 2 is 1.75 bits per heavy atom. The highest BCUT2D eigenvalue weighted by atomic mass is 16.3. The Kier molecular flexibility index (Phi) is 4.00. The molecule has 28 heavy (non-hydrogen) atoms. The number of nitrogens with zero attached hydrogens (tertiary/aromatic N) is 1. The number of anilines is 1. The molecule has 4 amide bonds. The number of benzene rings is 2. The summed E-state index contributed by atoms with van der Waals surface area (Å²) in [6, 6.07) is 11.2. The molecule has 0 saturated carbocycles. The fraction of sp³-hybridized carbons (Fsp3) is 0. The summed E-state index contributed by atoms with van der Waals surface area (Å²) in [5.74, 6) is -1.84. The Balaban J connectivity index is 1.81. The lowest BCUT2D eigenvalue weighted by Crippen LogP contribution is -2.54. The third kappa shape index (κ3) is 2.82. The Hall–Kier alpha value is -4.20. The van der Waals surface area contributed by atoms with Crippen LogP contribution in [0.3, 0.4) is 0 Å². The zero-order chi connectivity index (χ0) is 19.8. The van der Waals surface area contributed by atoms with Crippen molar-refractivity contribution in [3.63, 3.8) is 0 Å². The maximum atomic E-state index is 12.8. The summed E-state index contributed by atoms with van der Waals surface area (Å²) in [7, 11) is 0. The summed E-state index contributed by atoms with van der Waals surface area (Å²) in [5, 5.41) is 11.7. The maximum absolute atomic E-state index is 12.8. The minimum absolute atomic E-state index is 0.0425. The van der Waals surface area contributed by atoms with Crippen LogP contribution >= 0.6 is 0 Å². The summed E-state index contributed by atoms with van der Waals surface area (Å²) in [6.45, 7) is 0. The number of carbonyl (C=O) groups is 3. The van der Waals surface area contributed by atoms with Gasteiger partial charge in [0.25, 0.3) is 11.8 Å². The Morgan fingerprint density at radius 1 is 1.00 bits per heavy atom. The molecule has 0 spiro atoms. The molecule has 0 aliphatic carbocycles. The summed E-state index contributed by atoms with van der Waals surface area (Å²) in [6.07, 6.45) is 2.17. The van der Waals surface area contributed by atoms with Crippen molar-refractivity contribution in [1.29, 1.82) is 0 Å². The molecule has 3 aromatic rings. The van der Waals surface area contributed by atoms with Crippen LogP contribution in [-0.2, 0) is 9.59 Å². The van der Waals surface area contributed by atoms with Gasteiger partial charge in [-0.15, -0.1) is 0 Å². The maximum Gasteiger partial charge on any atom is 0.335 e. The van der Waals surface area contributed by atoms with E-state index >= 15 is 0 Å². The Morgan fingerprint density at radius 3 is 2.50 bits per heavy atom. The smallest absolute Gasteiger partial charge is 0.335 e. The van der Waals surface area contributed by atoms with Gasteiger partial charge in [-0.2, -0.15) is 0 Å². The molecule has 1 fully saturated rings. The van der Waals surface area contributed by atoms with Gasteiger partial charge in [0, 0.05) is 6.07 Å². The van der Waals surface area contributed by atoms with Crippen LogP contribution in [0.15, 0.2) is 69.6 Å². The topological polar surface area (TPSA) is 117 Å². The number of imide groups is 2. The number of fused-ring (bicyclic) bond motifs is 1. The summed E-state index contributed by atoms with van der Waals surface area (Å²) in [5.41, 5.74) is -0.470. The summed E-state index contributed by atoms with van der Waals surface area (Å²) in [4.78, 5) is 50.6. The van der Waals surface area contributed by atoms with Crippen molar-refractivity contribution in [2.75, 3.05) is 4.90 Å². The average Bonchev–Trinajstić information content (AvgIpc) is 2.67. The van der Waals surface area contributed by atoms with Crippen molar-refractivity contribution in [3.05, 3.63) is 76.2 Å². The molecule has 2 heterocycles. The van der Waals surface area contributed by atoms with Crippen LogP contribution in [0.2, 0.25) is 0 Å². The van der Waals surface area contributed by atoms with Crippen molar-refractivity contribution >= 4 is 40.6 Å². The SMILES string of the molecule is O=C1NC(=O)N(c2ccccc2)C(=O)C1=Cc1coc2cc(O)ccc2c1=O. The van der Waals surface area contributed by atoms with E-state index in [1.165, 1.54) is 18.2 Å². The lowest BCUT2D eigenvalue weighted by Gasteiger charge is -2.26. The quantitative estimate of drug-likeness (QED) is 0.523. The number of nitrogens with one attached hydrogen (secondary N) is 1. The fourth-order valence-electron chi connectivity index (χ4n) is 2.86. The first-order chi connectivity index (χ1) is 13.5. The molecule has 0 atom stereocenters. The van der Waals surface area contributed by atoms with Gasteiger partial charge in [0.05, 0.1) is 16.6 Å². The van der Waals surface area contributed by atoms with Gasteiger partial charge in [-0.25, -0.2) is 9.69 Å². The average molecular weight is 376 g/mol. The van der Waals surface area contributed by atoms with E-state index in [4.69, 9.17) is 4.42 Å². The summed E-state index contributed by atoms with van der Waals surface area (Å²) >= 11 is 0. The highest BCUT2D eigenvalue weighted by Gasteiger charge is 2.36. The van der Waals surface area contributed by atoms with Gasteiger partial charge in [0.1, 0.15) is 23.2 Å². The highest BCUT2D eigenvalue weighted by molar-refractivity contribution is 6.39. The number of carbonyl (C=O) groups excluding carboxylic acids is 3. The van der Waals surface area contributed by atoms with Gasteiger partial charge in [0.2, 0.25) is 0 Å². The molecule has 4 rings (SSSR count). The van der Waals surface area contributed by atoms with E-state index in [1.807, 2.05) is 0 Å². The van der Waals surface area contributed by atoms with Gasteiger partial charge in [-0.3, -0.25) is 19.7 Å². The Labute approximate surface area is 157 Å². The predicted molar refractivity (Wildman–Crippen MR) is 99.6 cm³/mol. The number of hydrogen-bond acceptors (Lipinski definition) is 6. The molecular weight excluding hydrogens is 364 g/mol. The second kappa shape index (κ2) is 6.51. The predicted octanol–water partition coefficient (Wildman–Crippen LogP) is 2.17. The fourth-order valence-corrected chi connectivity index (χ4v) is 2.86. The van der Waals surface area contributed by atoms with Gasteiger partial charge in [-0.05, 0) is 30.3 Å². The van der Waals surface area contributed by atoms with E-state index in [9.17, 15) is 24.3 Å². The van der Waals surface area contributed by atoms with Gasteiger partial charge in [-0.1, -0.05) is 18.2 Å². The molecule has 1 aromatic heterocycles. The number of hydrogen-bond donors (Lipinski definition) is 2. The van der Waals surface area contributed by atoms with E-state index in [0.717, 1.165) is 17.2 Å². The van der Waals surface area contributed by atoms with Crippen LogP contribution in [0.25, 0.3) is 17.0 Å². The number of aromatic hydroxyl groups is 1. The number of rotatable bonds is 2. The van der Waals surface area contributed by atoms with Crippen LogP contribution in [0.5, 0.6) is 5.75 Å². The van der Waals surface area contributed by atoms with Crippen LogP contribution in [0.1, 0.15) is 5.56 Å². The molecule has 138 valence electrons. The largest absolute Gasteiger partial charge is 0.508 e. The van der Waals surface area contributed by atoms with Crippen molar-refractivity contribution < 1.29 is 23.9 Å². The van der Waals surface area contributed by atoms with Crippen molar-refractivity contribution in [2.24, 2.45) is 0 Å². The van der Waals surface area contributed by atoms with E-state index in [2.05, 4.69) is 5.32 Å². The zero-order valence-electron chi connectivity index (χ0n) is 14.2. The molecule has 1 saturated heterocycles. The third-order valence-electron chi connectivity index (χ3n) is 4.20. The Bertz CT molecular complexity index is 1230. The second-order valence-electron chi connectivity index (χ2n) is 5.99. The van der Waals surface area contributed by atoms with E-state index in [0.29, 0.717) is 0 Å². The van der Waals surface area contributed by atoms with Gasteiger partial charge in [0.15, 0.2) is 5.43 Å². The monoisotopic (exact) mass is 376 g/mol. The number of phenolic OH excluding ortho intramolecular Hbond substituents is 1. The van der Waals surface area contributed by atoms with E-state index in [-0.39, 0.29) is 33.5 Å². The third-order valence-corrected chi connectivity index (χ3v) is 4.20. The van der Waals surface area contributed by atoms with Gasteiger partial charge < -0.3 is 9.52 Å². The van der Waals surface area contributed by atoms with Crippen molar-refractivity contribution in [1.82, 2.24) is 5.32 Å². The lowest BCUT2D eigenvalue weighted by atomic mass is 10.1. The molecular formula is C20H12N2O6. The van der Waals surface area contributed by atoms with Crippen molar-refractivity contribution in [2.45, 2.75) is 0 Å². The van der Waals surface area contributed by atoms with E-state index < -0.39 is 23.3 Å². The van der Waals surface area contributed by atoms with Gasteiger partial charge >= 0.3 is 6.03 Å². The minimum atomic E-state index is -0.910. The van der Waals surface area contributed by atoms with Crippen molar-refractivity contribution in [3.8, 4) is 5.75 Å². The second-order valence-corrected chi connectivity index (χ2v) is 5.99. The normalized spacial score (nSPS) is 15.9. The van der Waals surface area contributed by atoms with Crippen LogP contribution in [-0.4, -0.2) is 23.0 Å². The van der Waals surface area contributed by atoms with Crippen LogP contribution in [0, 0.1) is 0 Å². The molecule has 1 aliphatic rings. The number of barbiturate groups is 1. The first-order valence-corrected chi connectivity index (χ1v) is 8.17. The van der Waals surface area contributed by atoms with Crippen LogP contribution in [0.4, 0.5) is 10.5 Å². The number of urea groups is 1. The molecule has 1 aliphatic heterocycles. The number of para-hydroxylation sites is 1. The highest BCUT2D eigenvalue weighted by Crippen LogP contribution is 2.22. The molecule has 0 unspecified atom stereocenters. The first-order valence-electron chi connectivity index (χ1n) is 8.17. The minimum Gasteiger partial charge on any atom is -0.508 e. The molecule has 0 radical (unpaired) electrons. The zero-order valence-corrected chi connectivity index (χ0v) is 14.2. The lowest BCUT2D eigenvalue weighted by molar-refractivity contribution is -0.122. The van der Waals surface area contributed by atoms with Crippen LogP contribution < -0.4 is 15.6 Å². The summed E-state index contributed by atoms with van der Waals surface area (Å²) < 4.78 is 5.32. The molecule has 0 bridgehead atoms. The number of amides is 4. The molecule has 2 aromatic carbocycles. The first kappa shape index (κ1) is 17.2. The molecule has 8 nitrogen and oxygen atoms in total. The number of phenols is 1. The van der Waals surface area contributed by atoms with E-state index in [1.54, 1.807) is 30.3 Å². The molecule has 2 N–H and O–H groups in total.